The minimum atomic E-state index is 0.287. The fraction of sp³-hybridized carbons (Fsp3) is 0.0968. The SMILES string of the molecule is Cc1ccc(N(C=C(c2ccccc2)c2ccccc2)c2ccc(-c3ccc(-c4ccc(N(/C=C(\c5ccccc5)C5C=CC=CC5)c5ccc(C)cc5C)cc4)cc3)cc2)c(C)c1. The molecular weight excluding hydrogens is 773 g/mol. The molecule has 1 unspecified atom stereocenters. The Hall–Kier alpha value is -7.68. The van der Waals surface area contributed by atoms with Crippen LogP contribution in [0, 0.1) is 33.6 Å². The molecule has 1 aliphatic rings. The van der Waals surface area contributed by atoms with E-state index in [9.17, 15) is 0 Å². The standard InChI is InChI=1S/C62H54N2/c1-45-25-39-61(47(3)41-45)63(43-59(53-17-9-5-10-18-53)54-19-11-6-12-20-54)57-35-31-51(32-36-57)49-27-29-50(30-28-49)52-33-37-58(38-34-52)64(62-40-26-46(2)42-48(62)4)44-60(55-21-13-7-14-22-55)56-23-15-8-16-24-56/h5-23,25-44,56H,24H2,1-4H3/b60-44+. The largest absolute Gasteiger partial charge is 0.317 e. The van der Waals surface area contributed by atoms with Crippen LogP contribution < -0.4 is 9.80 Å². The van der Waals surface area contributed by atoms with Crippen LogP contribution >= 0.6 is 0 Å². The van der Waals surface area contributed by atoms with Gasteiger partial charge in [-0.2, -0.15) is 0 Å². The van der Waals surface area contributed by atoms with Crippen molar-refractivity contribution in [1.29, 1.82) is 0 Å². The van der Waals surface area contributed by atoms with Crippen LogP contribution in [0.15, 0.2) is 237 Å². The second-order valence-electron chi connectivity index (χ2n) is 16.9. The maximum absolute atomic E-state index is 2.38. The molecule has 0 radical (unpaired) electrons. The van der Waals surface area contributed by atoms with Crippen LogP contribution in [0.25, 0.3) is 33.4 Å². The monoisotopic (exact) mass is 826 g/mol. The average molecular weight is 827 g/mol. The first kappa shape index (κ1) is 41.7. The maximum Gasteiger partial charge on any atom is 0.0485 e. The fourth-order valence-corrected chi connectivity index (χ4v) is 8.85. The highest BCUT2D eigenvalue weighted by Gasteiger charge is 2.19. The van der Waals surface area contributed by atoms with E-state index in [-0.39, 0.29) is 5.92 Å². The summed E-state index contributed by atoms with van der Waals surface area (Å²) in [7, 11) is 0. The van der Waals surface area contributed by atoms with Crippen LogP contribution in [-0.2, 0) is 0 Å². The number of hydrogen-bond acceptors (Lipinski definition) is 2. The van der Waals surface area contributed by atoms with Gasteiger partial charge in [-0.05, 0) is 126 Å². The highest BCUT2D eigenvalue weighted by molar-refractivity contribution is 5.85. The van der Waals surface area contributed by atoms with Gasteiger partial charge in [-0.3, -0.25) is 0 Å². The molecule has 0 fully saturated rings. The molecule has 64 heavy (non-hydrogen) atoms. The van der Waals surface area contributed by atoms with Gasteiger partial charge in [0.2, 0.25) is 0 Å². The van der Waals surface area contributed by atoms with Crippen LogP contribution in [0.4, 0.5) is 22.7 Å². The minimum absolute atomic E-state index is 0.287. The van der Waals surface area contributed by atoms with Crippen molar-refractivity contribution < 1.29 is 0 Å². The topological polar surface area (TPSA) is 6.48 Å². The van der Waals surface area contributed by atoms with Crippen LogP contribution in [0.3, 0.4) is 0 Å². The van der Waals surface area contributed by atoms with Crippen molar-refractivity contribution in [2.75, 3.05) is 9.80 Å². The molecule has 0 bridgehead atoms. The molecule has 8 aromatic carbocycles. The highest BCUT2D eigenvalue weighted by Crippen LogP contribution is 2.38. The third kappa shape index (κ3) is 9.38. The van der Waals surface area contributed by atoms with Crippen LogP contribution in [0.5, 0.6) is 0 Å². The molecule has 312 valence electrons. The van der Waals surface area contributed by atoms with Crippen LogP contribution in [-0.4, -0.2) is 0 Å². The second kappa shape index (κ2) is 19.2. The van der Waals surface area contributed by atoms with Crippen molar-refractivity contribution in [3.05, 3.63) is 276 Å². The average Bonchev–Trinajstić information content (AvgIpc) is 3.34. The minimum Gasteiger partial charge on any atom is -0.317 e. The van der Waals surface area contributed by atoms with Gasteiger partial charge in [-0.15, -0.1) is 0 Å². The lowest BCUT2D eigenvalue weighted by atomic mass is 9.88. The molecule has 2 nitrogen and oxygen atoms in total. The Balaban J connectivity index is 1.01. The molecule has 0 heterocycles. The first-order chi connectivity index (χ1) is 31.4. The normalized spacial score (nSPS) is 13.4. The van der Waals surface area contributed by atoms with E-state index in [2.05, 4.69) is 274 Å². The number of benzene rings is 8. The molecule has 1 atom stereocenters. The molecule has 0 N–H and O–H groups in total. The number of anilines is 4. The maximum atomic E-state index is 2.38. The summed E-state index contributed by atoms with van der Waals surface area (Å²) >= 11 is 0. The first-order valence-electron chi connectivity index (χ1n) is 22.3. The lowest BCUT2D eigenvalue weighted by Gasteiger charge is -2.27. The van der Waals surface area contributed by atoms with E-state index < -0.39 is 0 Å². The Labute approximate surface area is 380 Å². The summed E-state index contributed by atoms with van der Waals surface area (Å²) in [4.78, 5) is 4.71. The summed E-state index contributed by atoms with van der Waals surface area (Å²) in [5.41, 5.74) is 20.3. The second-order valence-corrected chi connectivity index (χ2v) is 16.9. The molecule has 0 aliphatic heterocycles. The number of aryl methyl sites for hydroxylation is 4. The Kier molecular flexibility index (Phi) is 12.5. The van der Waals surface area contributed by atoms with E-state index in [0.29, 0.717) is 0 Å². The fourth-order valence-electron chi connectivity index (χ4n) is 8.85. The number of nitrogens with zero attached hydrogens (tertiary/aromatic N) is 2. The van der Waals surface area contributed by atoms with Crippen LogP contribution in [0.2, 0.25) is 0 Å². The Morgan fingerprint density at radius 2 is 0.828 bits per heavy atom. The molecule has 0 aromatic heterocycles. The molecule has 0 spiro atoms. The summed E-state index contributed by atoms with van der Waals surface area (Å²) in [6.07, 6.45) is 14.6. The summed E-state index contributed by atoms with van der Waals surface area (Å²) in [6, 6.07) is 72.6. The van der Waals surface area contributed by atoms with Crippen molar-refractivity contribution in [2.24, 2.45) is 5.92 Å². The highest BCUT2D eigenvalue weighted by atomic mass is 15.1. The van der Waals surface area contributed by atoms with Crippen molar-refractivity contribution >= 4 is 33.9 Å². The molecule has 0 amide bonds. The van der Waals surface area contributed by atoms with Crippen molar-refractivity contribution in [3.8, 4) is 22.3 Å². The predicted molar refractivity (Wildman–Crippen MR) is 274 cm³/mol. The summed E-state index contributed by atoms with van der Waals surface area (Å²) < 4.78 is 0. The van der Waals surface area contributed by atoms with Crippen molar-refractivity contribution in [1.82, 2.24) is 0 Å². The number of rotatable bonds is 12. The third-order valence-corrected chi connectivity index (χ3v) is 12.2. The molecule has 1 aliphatic carbocycles. The lowest BCUT2D eigenvalue weighted by Crippen LogP contribution is -2.14. The van der Waals surface area contributed by atoms with Gasteiger partial charge in [0.25, 0.3) is 0 Å². The first-order valence-corrected chi connectivity index (χ1v) is 22.3. The zero-order valence-electron chi connectivity index (χ0n) is 37.2. The van der Waals surface area contributed by atoms with Gasteiger partial charge in [0, 0.05) is 46.6 Å². The molecule has 9 rings (SSSR count). The van der Waals surface area contributed by atoms with Gasteiger partial charge in [0.05, 0.1) is 0 Å². The van der Waals surface area contributed by atoms with E-state index in [1.807, 2.05) is 0 Å². The number of hydrogen-bond donors (Lipinski definition) is 0. The smallest absolute Gasteiger partial charge is 0.0485 e. The van der Waals surface area contributed by atoms with Gasteiger partial charge in [-0.1, -0.05) is 199 Å². The third-order valence-electron chi connectivity index (χ3n) is 12.2. The molecule has 2 heteroatoms. The zero-order chi connectivity index (χ0) is 43.8. The Morgan fingerprint density at radius 3 is 1.23 bits per heavy atom. The predicted octanol–water partition coefficient (Wildman–Crippen LogP) is 16.8. The van der Waals surface area contributed by atoms with Gasteiger partial charge >= 0.3 is 0 Å². The summed E-state index contributed by atoms with van der Waals surface area (Å²) in [6.45, 7) is 8.73. The van der Waals surface area contributed by atoms with E-state index in [0.717, 1.165) is 29.1 Å². The van der Waals surface area contributed by atoms with Gasteiger partial charge in [0.15, 0.2) is 0 Å². The van der Waals surface area contributed by atoms with E-state index >= 15 is 0 Å². The Morgan fingerprint density at radius 1 is 0.422 bits per heavy atom. The molecule has 8 aromatic rings. The summed E-state index contributed by atoms with van der Waals surface area (Å²) in [5.74, 6) is 0.287. The lowest BCUT2D eigenvalue weighted by molar-refractivity contribution is 0.840. The molecule has 0 saturated heterocycles. The van der Waals surface area contributed by atoms with Gasteiger partial charge in [0.1, 0.15) is 0 Å². The molecule has 0 saturated carbocycles. The van der Waals surface area contributed by atoms with E-state index in [4.69, 9.17) is 0 Å². The van der Waals surface area contributed by atoms with E-state index in [1.54, 1.807) is 0 Å². The van der Waals surface area contributed by atoms with Gasteiger partial charge < -0.3 is 9.80 Å². The summed E-state index contributed by atoms with van der Waals surface area (Å²) in [5, 5.41) is 0. The zero-order valence-corrected chi connectivity index (χ0v) is 37.2. The van der Waals surface area contributed by atoms with E-state index in [1.165, 1.54) is 72.5 Å². The Bertz CT molecular complexity index is 2910. The van der Waals surface area contributed by atoms with Gasteiger partial charge in [-0.25, -0.2) is 0 Å². The molecular formula is C62H54N2. The number of allylic oxidation sites excluding steroid dienone is 5. The van der Waals surface area contributed by atoms with Crippen molar-refractivity contribution in [2.45, 2.75) is 34.1 Å². The van der Waals surface area contributed by atoms with Crippen LogP contribution in [0.1, 0.15) is 45.4 Å². The van der Waals surface area contributed by atoms with Crippen molar-refractivity contribution in [3.63, 3.8) is 0 Å². The quantitative estimate of drug-likeness (QED) is 0.121.